The zero-order valence-corrected chi connectivity index (χ0v) is 14.7. The summed E-state index contributed by atoms with van der Waals surface area (Å²) >= 11 is 3.35. The van der Waals surface area contributed by atoms with Gasteiger partial charge in [-0.05, 0) is 36.4 Å². The van der Waals surface area contributed by atoms with Gasteiger partial charge in [0.1, 0.15) is 11.6 Å². The molecular formula is C17H18BrN3O3. The smallest absolute Gasteiger partial charge is 0.263 e. The third kappa shape index (κ3) is 4.69. The number of morpholine rings is 1. The lowest BCUT2D eigenvalue weighted by molar-refractivity contribution is -0.118. The molecule has 0 aliphatic carbocycles. The average molecular weight is 392 g/mol. The maximum absolute atomic E-state index is 11.9. The quantitative estimate of drug-likeness (QED) is 0.848. The van der Waals surface area contributed by atoms with Gasteiger partial charge in [0.25, 0.3) is 5.91 Å². The highest BCUT2D eigenvalue weighted by Gasteiger charge is 2.12. The molecular weight excluding hydrogens is 374 g/mol. The van der Waals surface area contributed by atoms with Gasteiger partial charge in [-0.25, -0.2) is 4.98 Å². The fourth-order valence-corrected chi connectivity index (χ4v) is 2.59. The molecule has 0 unspecified atom stereocenters. The molecule has 0 saturated carbocycles. The highest BCUT2D eigenvalue weighted by Crippen LogP contribution is 2.17. The molecule has 1 fully saturated rings. The minimum Gasteiger partial charge on any atom is -0.484 e. The maximum atomic E-state index is 11.9. The van der Waals surface area contributed by atoms with Crippen LogP contribution in [0.25, 0.3) is 0 Å². The Kier molecular flexibility index (Phi) is 5.66. The Morgan fingerprint density at radius 1 is 1.21 bits per heavy atom. The molecule has 24 heavy (non-hydrogen) atoms. The first kappa shape index (κ1) is 16.7. The van der Waals surface area contributed by atoms with Crippen LogP contribution in [0.15, 0.2) is 47.1 Å². The number of rotatable bonds is 5. The van der Waals surface area contributed by atoms with Gasteiger partial charge in [-0.3, -0.25) is 4.79 Å². The van der Waals surface area contributed by atoms with Gasteiger partial charge in [0.15, 0.2) is 6.61 Å². The molecule has 3 rings (SSSR count). The second-order valence-corrected chi connectivity index (χ2v) is 6.21. The van der Waals surface area contributed by atoms with Crippen molar-refractivity contribution in [2.75, 3.05) is 43.1 Å². The number of anilines is 2. The van der Waals surface area contributed by atoms with Gasteiger partial charge in [-0.15, -0.1) is 0 Å². The van der Waals surface area contributed by atoms with E-state index in [-0.39, 0.29) is 12.5 Å². The van der Waals surface area contributed by atoms with Crippen molar-refractivity contribution in [1.29, 1.82) is 0 Å². The van der Waals surface area contributed by atoms with Crippen molar-refractivity contribution in [1.82, 2.24) is 4.98 Å². The number of hydrogen-bond donors (Lipinski definition) is 1. The second-order valence-electron chi connectivity index (χ2n) is 5.29. The first-order valence-corrected chi connectivity index (χ1v) is 8.47. The third-order valence-electron chi connectivity index (χ3n) is 3.58. The summed E-state index contributed by atoms with van der Waals surface area (Å²) in [5, 5.41) is 2.73. The number of ether oxygens (including phenoxy) is 2. The van der Waals surface area contributed by atoms with E-state index in [4.69, 9.17) is 9.47 Å². The van der Waals surface area contributed by atoms with Crippen LogP contribution in [-0.2, 0) is 9.53 Å². The van der Waals surface area contributed by atoms with E-state index in [0.29, 0.717) is 11.6 Å². The number of aromatic nitrogens is 1. The molecule has 6 nitrogen and oxygen atoms in total. The maximum Gasteiger partial charge on any atom is 0.263 e. The fourth-order valence-electron chi connectivity index (χ4n) is 2.33. The van der Waals surface area contributed by atoms with Crippen LogP contribution in [-0.4, -0.2) is 43.8 Å². The van der Waals surface area contributed by atoms with Crippen LogP contribution in [0.1, 0.15) is 0 Å². The predicted molar refractivity (Wildman–Crippen MR) is 95.5 cm³/mol. The summed E-state index contributed by atoms with van der Waals surface area (Å²) in [6, 6.07) is 11.1. The van der Waals surface area contributed by atoms with Crippen molar-refractivity contribution in [3.63, 3.8) is 0 Å². The van der Waals surface area contributed by atoms with E-state index in [1.807, 2.05) is 18.2 Å². The van der Waals surface area contributed by atoms with Gasteiger partial charge < -0.3 is 19.7 Å². The zero-order chi connectivity index (χ0) is 16.8. The number of nitrogens with zero attached hydrogens (tertiary/aromatic N) is 2. The Balaban J connectivity index is 1.49. The summed E-state index contributed by atoms with van der Waals surface area (Å²) in [6.07, 6.45) is 1.76. The summed E-state index contributed by atoms with van der Waals surface area (Å²) in [7, 11) is 0. The lowest BCUT2D eigenvalue weighted by Gasteiger charge is -2.28. The van der Waals surface area contributed by atoms with Crippen LogP contribution in [0.3, 0.4) is 0 Å². The van der Waals surface area contributed by atoms with Crippen molar-refractivity contribution in [2.45, 2.75) is 0 Å². The minimum atomic E-state index is -0.246. The van der Waals surface area contributed by atoms with Gasteiger partial charge in [-0.2, -0.15) is 0 Å². The second kappa shape index (κ2) is 8.12. The minimum absolute atomic E-state index is 0.0610. The molecule has 1 aromatic heterocycles. The van der Waals surface area contributed by atoms with Crippen LogP contribution in [0, 0.1) is 0 Å². The molecule has 7 heteroatoms. The molecule has 1 aromatic carbocycles. The van der Waals surface area contributed by atoms with Crippen LogP contribution in [0.5, 0.6) is 5.75 Å². The molecule has 0 spiro atoms. The molecule has 0 atom stereocenters. The fraction of sp³-hybridized carbons (Fsp3) is 0.294. The summed E-state index contributed by atoms with van der Waals surface area (Å²) < 4.78 is 11.7. The summed E-state index contributed by atoms with van der Waals surface area (Å²) in [6.45, 7) is 3.11. The number of nitrogens with one attached hydrogen (secondary N) is 1. The largest absolute Gasteiger partial charge is 0.484 e. The van der Waals surface area contributed by atoms with Crippen LogP contribution >= 0.6 is 15.9 Å². The highest BCUT2D eigenvalue weighted by atomic mass is 79.9. The standard InChI is InChI=1S/C17H18BrN3O3/c18-13-1-4-15(5-2-13)24-12-17(22)20-16-6-3-14(11-19-16)21-7-9-23-10-8-21/h1-6,11H,7-10,12H2,(H,19,20,22). The Hall–Kier alpha value is -2.12. The van der Waals surface area contributed by atoms with E-state index < -0.39 is 0 Å². The SMILES string of the molecule is O=C(COc1ccc(Br)cc1)Nc1ccc(N2CCOCC2)cn1. The molecule has 126 valence electrons. The highest BCUT2D eigenvalue weighted by molar-refractivity contribution is 9.10. The molecule has 2 aromatic rings. The summed E-state index contributed by atoms with van der Waals surface area (Å²) in [5.41, 5.74) is 1.03. The van der Waals surface area contributed by atoms with Crippen molar-refractivity contribution in [3.05, 3.63) is 47.1 Å². The summed E-state index contributed by atoms with van der Waals surface area (Å²) in [4.78, 5) is 18.4. The molecule has 1 amide bonds. The number of carbonyl (C=O) groups excluding carboxylic acids is 1. The van der Waals surface area contributed by atoms with E-state index in [2.05, 4.69) is 31.1 Å². The molecule has 1 aliphatic heterocycles. The predicted octanol–water partition coefficient (Wildman–Crippen LogP) is 2.70. The molecule has 0 bridgehead atoms. The number of amides is 1. The van der Waals surface area contributed by atoms with Crippen LogP contribution < -0.4 is 15.0 Å². The monoisotopic (exact) mass is 391 g/mol. The Morgan fingerprint density at radius 3 is 2.62 bits per heavy atom. The van der Waals surface area contributed by atoms with E-state index in [1.54, 1.807) is 24.4 Å². The topological polar surface area (TPSA) is 63.7 Å². The van der Waals surface area contributed by atoms with Gasteiger partial charge >= 0.3 is 0 Å². The number of halogens is 1. The summed E-state index contributed by atoms with van der Waals surface area (Å²) in [5.74, 6) is 0.907. The molecule has 0 radical (unpaired) electrons. The molecule has 1 aliphatic rings. The molecule has 1 N–H and O–H groups in total. The van der Waals surface area contributed by atoms with Crippen molar-refractivity contribution in [2.24, 2.45) is 0 Å². The Morgan fingerprint density at radius 2 is 1.96 bits per heavy atom. The van der Waals surface area contributed by atoms with Gasteiger partial charge in [-0.1, -0.05) is 15.9 Å². The lowest BCUT2D eigenvalue weighted by atomic mass is 10.3. The van der Waals surface area contributed by atoms with Crippen LogP contribution in [0.4, 0.5) is 11.5 Å². The first-order valence-electron chi connectivity index (χ1n) is 7.68. The van der Waals surface area contributed by atoms with Gasteiger partial charge in [0.05, 0.1) is 25.1 Å². The normalized spacial score (nSPS) is 14.3. The van der Waals surface area contributed by atoms with Crippen molar-refractivity contribution < 1.29 is 14.3 Å². The van der Waals surface area contributed by atoms with Crippen molar-refractivity contribution >= 4 is 33.3 Å². The number of carbonyl (C=O) groups is 1. The van der Waals surface area contributed by atoms with E-state index in [1.165, 1.54) is 0 Å². The number of pyridine rings is 1. The number of hydrogen-bond acceptors (Lipinski definition) is 5. The lowest BCUT2D eigenvalue weighted by Crippen LogP contribution is -2.36. The molecule has 1 saturated heterocycles. The third-order valence-corrected chi connectivity index (χ3v) is 4.10. The Labute approximate surface area is 148 Å². The van der Waals surface area contributed by atoms with E-state index in [0.717, 1.165) is 36.5 Å². The van der Waals surface area contributed by atoms with Crippen molar-refractivity contribution in [3.8, 4) is 5.75 Å². The average Bonchev–Trinajstić information content (AvgIpc) is 2.63. The van der Waals surface area contributed by atoms with E-state index >= 15 is 0 Å². The molecule has 2 heterocycles. The zero-order valence-electron chi connectivity index (χ0n) is 13.1. The first-order chi connectivity index (χ1) is 11.7. The van der Waals surface area contributed by atoms with Gasteiger partial charge in [0, 0.05) is 17.6 Å². The number of benzene rings is 1. The van der Waals surface area contributed by atoms with E-state index in [9.17, 15) is 4.79 Å². The van der Waals surface area contributed by atoms with Crippen LogP contribution in [0.2, 0.25) is 0 Å². The Bertz CT molecular complexity index is 670. The van der Waals surface area contributed by atoms with Gasteiger partial charge in [0.2, 0.25) is 0 Å².